The molecule has 4 rings (SSSR count). The van der Waals surface area contributed by atoms with Crippen LogP contribution in [0.25, 0.3) is 0 Å². The molecule has 0 aliphatic rings. The maximum Gasteiger partial charge on any atom is 0.261 e. The van der Waals surface area contributed by atoms with E-state index in [0.717, 1.165) is 11.3 Å². The maximum atomic E-state index is 12.8. The van der Waals surface area contributed by atoms with E-state index in [2.05, 4.69) is 22.2 Å². The summed E-state index contributed by atoms with van der Waals surface area (Å²) in [5, 5.41) is 3.03. The quantitative estimate of drug-likeness (QED) is 0.260. The third kappa shape index (κ3) is 6.20. The van der Waals surface area contributed by atoms with Crippen LogP contribution in [0.4, 0.5) is 11.4 Å². The van der Waals surface area contributed by atoms with Crippen LogP contribution in [0.5, 0.6) is 0 Å². The van der Waals surface area contributed by atoms with Gasteiger partial charge in [-0.05, 0) is 60.2 Å². The summed E-state index contributed by atoms with van der Waals surface area (Å²) in [5.74, 6) is 0.380. The predicted octanol–water partition coefficient (Wildman–Crippen LogP) is 6.69. The molecular weight excluding hydrogens is 488 g/mol. The van der Waals surface area contributed by atoms with Gasteiger partial charge in [0, 0.05) is 22.0 Å². The zero-order chi connectivity index (χ0) is 24.0. The number of thioether (sulfide) groups is 1. The van der Waals surface area contributed by atoms with Crippen LogP contribution in [0.2, 0.25) is 5.02 Å². The summed E-state index contributed by atoms with van der Waals surface area (Å²) in [6.45, 7) is 0. The number of rotatable bonds is 8. The number of halogens is 1. The van der Waals surface area contributed by atoms with Crippen LogP contribution in [0, 0.1) is 0 Å². The van der Waals surface area contributed by atoms with Gasteiger partial charge in [-0.15, -0.1) is 11.8 Å². The summed E-state index contributed by atoms with van der Waals surface area (Å²) >= 11 is 7.97. The van der Waals surface area contributed by atoms with E-state index in [-0.39, 0.29) is 21.2 Å². The summed E-state index contributed by atoms with van der Waals surface area (Å²) in [7, 11) is -3.78. The van der Waals surface area contributed by atoms with Crippen molar-refractivity contribution in [1.29, 1.82) is 0 Å². The van der Waals surface area contributed by atoms with Gasteiger partial charge in [0.05, 0.1) is 15.5 Å². The second-order valence-corrected chi connectivity index (χ2v) is 10.5. The maximum absolute atomic E-state index is 12.8. The Kier molecular flexibility index (Phi) is 7.57. The number of nitrogens with one attached hydrogen (secondary N) is 2. The number of carbonyl (C=O) groups is 1. The molecule has 0 saturated carbocycles. The molecule has 34 heavy (non-hydrogen) atoms. The minimum atomic E-state index is -3.78. The minimum Gasteiger partial charge on any atom is -0.322 e. The smallest absolute Gasteiger partial charge is 0.261 e. The summed E-state index contributed by atoms with van der Waals surface area (Å²) in [5.41, 5.74) is 2.15. The van der Waals surface area contributed by atoms with Crippen LogP contribution in [0.3, 0.4) is 0 Å². The number of anilines is 2. The van der Waals surface area contributed by atoms with Gasteiger partial charge in [0.25, 0.3) is 15.9 Å². The van der Waals surface area contributed by atoms with Gasteiger partial charge in [0.1, 0.15) is 0 Å². The summed E-state index contributed by atoms with van der Waals surface area (Å²) in [6.07, 6.45) is 0. The van der Waals surface area contributed by atoms with Crippen LogP contribution in [0.15, 0.2) is 113 Å². The Labute approximate surface area is 208 Å². The fourth-order valence-electron chi connectivity index (χ4n) is 3.14. The van der Waals surface area contributed by atoms with Crippen LogP contribution in [-0.2, 0) is 15.8 Å². The van der Waals surface area contributed by atoms with E-state index in [0.29, 0.717) is 5.69 Å². The lowest BCUT2D eigenvalue weighted by atomic mass is 10.1. The van der Waals surface area contributed by atoms with E-state index in [1.807, 2.05) is 42.5 Å². The Morgan fingerprint density at radius 2 is 1.41 bits per heavy atom. The Bertz CT molecular complexity index is 1380. The molecule has 0 bridgehead atoms. The lowest BCUT2D eigenvalue weighted by Gasteiger charge is -2.12. The molecule has 5 nitrogen and oxygen atoms in total. The number of benzene rings is 4. The number of amides is 1. The molecule has 0 unspecified atom stereocenters. The summed E-state index contributed by atoms with van der Waals surface area (Å²) in [6, 6.07) is 30.1. The summed E-state index contributed by atoms with van der Waals surface area (Å²) in [4.78, 5) is 14.2. The fourth-order valence-corrected chi connectivity index (χ4v) is 5.29. The highest BCUT2D eigenvalue weighted by molar-refractivity contribution is 7.98. The van der Waals surface area contributed by atoms with Crippen LogP contribution >= 0.6 is 23.4 Å². The molecule has 2 N–H and O–H groups in total. The van der Waals surface area contributed by atoms with Gasteiger partial charge in [-0.3, -0.25) is 9.52 Å². The van der Waals surface area contributed by atoms with Crippen LogP contribution in [0.1, 0.15) is 15.9 Å². The van der Waals surface area contributed by atoms with E-state index in [9.17, 15) is 13.2 Å². The third-order valence-electron chi connectivity index (χ3n) is 4.88. The molecule has 8 heteroatoms. The molecule has 0 saturated heterocycles. The predicted molar refractivity (Wildman–Crippen MR) is 139 cm³/mol. The van der Waals surface area contributed by atoms with Gasteiger partial charge >= 0.3 is 0 Å². The molecular formula is C26H21ClN2O3S2. The zero-order valence-corrected chi connectivity index (χ0v) is 20.3. The Hall–Kier alpha value is -3.26. The van der Waals surface area contributed by atoms with Gasteiger partial charge < -0.3 is 5.32 Å². The van der Waals surface area contributed by atoms with Crippen molar-refractivity contribution >= 4 is 50.7 Å². The van der Waals surface area contributed by atoms with Gasteiger partial charge in [0.2, 0.25) is 0 Å². The van der Waals surface area contributed by atoms with Gasteiger partial charge in [0.15, 0.2) is 0 Å². The van der Waals surface area contributed by atoms with Crippen molar-refractivity contribution in [1.82, 2.24) is 0 Å². The molecule has 0 atom stereocenters. The standard InChI is InChI=1S/C26H21ClN2O3S2/c27-25-16-15-21(29-34(31,32)23-9-5-2-6-10-23)17-24(25)26(30)28-20-13-11-19(12-14-20)18-33-22-7-3-1-4-8-22/h1-17,29H,18H2,(H,28,30). The van der Waals surface area contributed by atoms with E-state index < -0.39 is 15.9 Å². The molecule has 0 fully saturated rings. The van der Waals surface area contributed by atoms with Crippen molar-refractivity contribution in [2.45, 2.75) is 15.5 Å². The second kappa shape index (κ2) is 10.8. The van der Waals surface area contributed by atoms with E-state index in [1.165, 1.54) is 35.2 Å². The molecule has 172 valence electrons. The van der Waals surface area contributed by atoms with Crippen LogP contribution in [-0.4, -0.2) is 14.3 Å². The van der Waals surface area contributed by atoms with Gasteiger partial charge in [-0.1, -0.05) is 60.1 Å². The largest absolute Gasteiger partial charge is 0.322 e. The Morgan fingerprint density at radius 1 is 0.794 bits per heavy atom. The number of carbonyl (C=O) groups excluding carboxylic acids is 1. The van der Waals surface area contributed by atoms with E-state index in [1.54, 1.807) is 30.0 Å². The SMILES string of the molecule is O=C(Nc1ccc(CSc2ccccc2)cc1)c1cc(NS(=O)(=O)c2ccccc2)ccc1Cl. The normalized spacial score (nSPS) is 11.1. The average Bonchev–Trinajstić information content (AvgIpc) is 2.86. The number of sulfonamides is 1. The Morgan fingerprint density at radius 3 is 2.09 bits per heavy atom. The zero-order valence-electron chi connectivity index (χ0n) is 17.9. The highest BCUT2D eigenvalue weighted by Gasteiger charge is 2.17. The molecule has 4 aromatic rings. The first-order valence-corrected chi connectivity index (χ1v) is 13.2. The first-order valence-electron chi connectivity index (χ1n) is 10.4. The number of hydrogen-bond donors (Lipinski definition) is 2. The highest BCUT2D eigenvalue weighted by Crippen LogP contribution is 2.25. The first kappa shape index (κ1) is 23.9. The lowest BCUT2D eigenvalue weighted by Crippen LogP contribution is -2.15. The molecule has 1 amide bonds. The molecule has 0 aliphatic heterocycles. The minimum absolute atomic E-state index is 0.126. The van der Waals surface area contributed by atoms with Crippen molar-refractivity contribution in [3.8, 4) is 0 Å². The monoisotopic (exact) mass is 508 g/mol. The van der Waals surface area contributed by atoms with Crippen LogP contribution < -0.4 is 10.0 Å². The van der Waals surface area contributed by atoms with E-state index >= 15 is 0 Å². The topological polar surface area (TPSA) is 75.3 Å². The first-order chi connectivity index (χ1) is 16.4. The molecule has 0 aromatic heterocycles. The van der Waals surface area contributed by atoms with Crippen molar-refractivity contribution in [2.24, 2.45) is 0 Å². The molecule has 0 spiro atoms. The fraction of sp³-hybridized carbons (Fsp3) is 0.0385. The van der Waals surface area contributed by atoms with Crippen molar-refractivity contribution < 1.29 is 13.2 Å². The molecule has 0 heterocycles. The molecule has 4 aromatic carbocycles. The Balaban J connectivity index is 1.42. The van der Waals surface area contributed by atoms with E-state index in [4.69, 9.17) is 11.6 Å². The van der Waals surface area contributed by atoms with Gasteiger partial charge in [-0.2, -0.15) is 0 Å². The lowest BCUT2D eigenvalue weighted by molar-refractivity contribution is 0.102. The van der Waals surface area contributed by atoms with Crippen molar-refractivity contribution in [3.63, 3.8) is 0 Å². The average molecular weight is 509 g/mol. The second-order valence-electron chi connectivity index (χ2n) is 7.37. The summed E-state index contributed by atoms with van der Waals surface area (Å²) < 4.78 is 27.7. The molecule has 0 aliphatic carbocycles. The van der Waals surface area contributed by atoms with Crippen molar-refractivity contribution in [2.75, 3.05) is 10.0 Å². The highest BCUT2D eigenvalue weighted by atomic mass is 35.5. The van der Waals surface area contributed by atoms with Gasteiger partial charge in [-0.25, -0.2) is 8.42 Å². The molecule has 0 radical (unpaired) electrons. The van der Waals surface area contributed by atoms with Crippen molar-refractivity contribution in [3.05, 3.63) is 119 Å². The third-order valence-corrected chi connectivity index (χ3v) is 7.69. The number of hydrogen-bond acceptors (Lipinski definition) is 4.